The fraction of sp³-hybridized carbons (Fsp3) is 0.500. The standard InChI is InChI=1S/C16H22N2OS2/c1-13(19)14-4-6-15(7-5-14)17-8-10-18(11-9-17)21-16-3-2-12-20-16/h2-6,12-13,15,19H,7-11H2,1H3. The predicted octanol–water partition coefficient (Wildman–Crippen LogP) is 3.01. The Morgan fingerprint density at radius 3 is 2.71 bits per heavy atom. The van der Waals surface area contributed by atoms with Crippen molar-refractivity contribution in [2.45, 2.75) is 29.7 Å². The zero-order valence-electron chi connectivity index (χ0n) is 12.3. The van der Waals surface area contributed by atoms with Gasteiger partial charge in [-0.3, -0.25) is 4.90 Å². The second-order valence-electron chi connectivity index (χ2n) is 5.53. The number of thiophene rings is 1. The molecule has 1 fully saturated rings. The number of hydrogen-bond donors (Lipinski definition) is 1. The first-order valence-electron chi connectivity index (χ1n) is 7.49. The Morgan fingerprint density at radius 2 is 2.14 bits per heavy atom. The van der Waals surface area contributed by atoms with E-state index in [9.17, 15) is 5.11 Å². The maximum atomic E-state index is 9.59. The molecule has 0 bridgehead atoms. The van der Waals surface area contributed by atoms with Crippen LogP contribution in [-0.4, -0.2) is 52.6 Å². The van der Waals surface area contributed by atoms with Gasteiger partial charge in [-0.2, -0.15) is 0 Å². The maximum absolute atomic E-state index is 9.59. The molecule has 0 radical (unpaired) electrons. The molecule has 0 spiro atoms. The van der Waals surface area contributed by atoms with E-state index < -0.39 is 0 Å². The molecule has 21 heavy (non-hydrogen) atoms. The van der Waals surface area contributed by atoms with Gasteiger partial charge in [0.2, 0.25) is 0 Å². The van der Waals surface area contributed by atoms with Gasteiger partial charge in [-0.25, -0.2) is 4.31 Å². The SMILES string of the molecule is CC(O)C1=CCC(N2CCN(Sc3cccs3)CC2)C=C1. The topological polar surface area (TPSA) is 26.7 Å². The number of hydrogen-bond acceptors (Lipinski definition) is 5. The third kappa shape index (κ3) is 3.99. The molecule has 1 saturated heterocycles. The van der Waals surface area contributed by atoms with Crippen molar-refractivity contribution in [2.75, 3.05) is 26.2 Å². The van der Waals surface area contributed by atoms with E-state index in [0.717, 1.165) is 38.2 Å². The molecule has 1 aliphatic heterocycles. The minimum Gasteiger partial charge on any atom is -0.389 e. The first-order valence-corrected chi connectivity index (χ1v) is 9.14. The highest BCUT2D eigenvalue weighted by atomic mass is 32.2. The summed E-state index contributed by atoms with van der Waals surface area (Å²) in [6, 6.07) is 4.80. The molecule has 2 aliphatic rings. The third-order valence-electron chi connectivity index (χ3n) is 4.04. The van der Waals surface area contributed by atoms with Crippen LogP contribution in [0.3, 0.4) is 0 Å². The van der Waals surface area contributed by atoms with E-state index in [1.54, 1.807) is 0 Å². The lowest BCUT2D eigenvalue weighted by Crippen LogP contribution is -2.47. The van der Waals surface area contributed by atoms with E-state index in [0.29, 0.717) is 6.04 Å². The summed E-state index contributed by atoms with van der Waals surface area (Å²) in [5.41, 5.74) is 1.05. The summed E-state index contributed by atoms with van der Waals surface area (Å²) in [6.45, 7) is 6.29. The largest absolute Gasteiger partial charge is 0.389 e. The van der Waals surface area contributed by atoms with E-state index in [-0.39, 0.29) is 6.10 Å². The van der Waals surface area contributed by atoms with Crippen molar-refractivity contribution in [1.29, 1.82) is 0 Å². The van der Waals surface area contributed by atoms with Gasteiger partial charge in [-0.05, 0) is 42.3 Å². The zero-order valence-corrected chi connectivity index (χ0v) is 13.9. The molecule has 1 aliphatic carbocycles. The molecule has 1 N–H and O–H groups in total. The molecule has 114 valence electrons. The Bertz CT molecular complexity index is 502. The lowest BCUT2D eigenvalue weighted by Gasteiger charge is -2.38. The molecular formula is C16H22N2OS2. The van der Waals surface area contributed by atoms with E-state index in [4.69, 9.17) is 0 Å². The van der Waals surface area contributed by atoms with Crippen LogP contribution in [0.25, 0.3) is 0 Å². The van der Waals surface area contributed by atoms with Crippen molar-refractivity contribution in [2.24, 2.45) is 0 Å². The van der Waals surface area contributed by atoms with E-state index in [2.05, 4.69) is 44.9 Å². The van der Waals surface area contributed by atoms with Crippen LogP contribution < -0.4 is 0 Å². The maximum Gasteiger partial charge on any atom is 0.0758 e. The van der Waals surface area contributed by atoms with Crippen molar-refractivity contribution in [3.05, 3.63) is 41.3 Å². The van der Waals surface area contributed by atoms with Crippen molar-refractivity contribution in [3.63, 3.8) is 0 Å². The molecule has 1 aromatic heterocycles. The lowest BCUT2D eigenvalue weighted by atomic mass is 9.98. The molecule has 0 amide bonds. The van der Waals surface area contributed by atoms with Crippen molar-refractivity contribution in [1.82, 2.24) is 9.21 Å². The highest BCUT2D eigenvalue weighted by molar-refractivity contribution is 7.98. The summed E-state index contributed by atoms with van der Waals surface area (Å²) < 4.78 is 3.84. The smallest absolute Gasteiger partial charge is 0.0758 e. The van der Waals surface area contributed by atoms with E-state index >= 15 is 0 Å². The number of rotatable bonds is 4. The molecular weight excluding hydrogens is 300 g/mol. The first-order chi connectivity index (χ1) is 10.2. The molecule has 3 rings (SSSR count). The number of nitrogens with zero attached hydrogens (tertiary/aromatic N) is 2. The summed E-state index contributed by atoms with van der Waals surface area (Å²) in [4.78, 5) is 2.55. The number of piperazine rings is 1. The molecule has 0 saturated carbocycles. The Hall–Kier alpha value is -0.590. The normalized spacial score (nSPS) is 25.8. The average molecular weight is 322 g/mol. The molecule has 3 nitrogen and oxygen atoms in total. The Labute approximate surface area is 135 Å². The minimum atomic E-state index is -0.346. The highest BCUT2D eigenvalue weighted by Crippen LogP contribution is 2.28. The molecule has 0 aromatic carbocycles. The second-order valence-corrected chi connectivity index (χ2v) is 7.88. The van der Waals surface area contributed by atoms with Gasteiger partial charge in [0, 0.05) is 32.2 Å². The van der Waals surface area contributed by atoms with Gasteiger partial charge in [0.1, 0.15) is 0 Å². The van der Waals surface area contributed by atoms with E-state index in [1.807, 2.05) is 30.2 Å². The van der Waals surface area contributed by atoms with Crippen LogP contribution in [0.1, 0.15) is 13.3 Å². The Morgan fingerprint density at radius 1 is 1.33 bits per heavy atom. The second kappa shape index (κ2) is 7.11. The fourth-order valence-corrected chi connectivity index (χ4v) is 4.62. The van der Waals surface area contributed by atoms with Crippen LogP contribution in [0.2, 0.25) is 0 Å². The van der Waals surface area contributed by atoms with Crippen LogP contribution in [0, 0.1) is 0 Å². The monoisotopic (exact) mass is 322 g/mol. The van der Waals surface area contributed by atoms with E-state index in [1.165, 1.54) is 4.21 Å². The summed E-state index contributed by atoms with van der Waals surface area (Å²) in [7, 11) is 0. The predicted molar refractivity (Wildman–Crippen MR) is 90.6 cm³/mol. The van der Waals surface area contributed by atoms with Crippen molar-refractivity contribution < 1.29 is 5.11 Å². The molecule has 2 unspecified atom stereocenters. The third-order valence-corrected chi connectivity index (χ3v) is 6.16. The highest BCUT2D eigenvalue weighted by Gasteiger charge is 2.24. The summed E-state index contributed by atoms with van der Waals surface area (Å²) in [6.07, 6.45) is 7.20. The van der Waals surface area contributed by atoms with Gasteiger partial charge in [0.05, 0.1) is 10.3 Å². The fourth-order valence-electron chi connectivity index (χ4n) is 2.78. The quantitative estimate of drug-likeness (QED) is 0.862. The lowest BCUT2D eigenvalue weighted by molar-refractivity contribution is 0.164. The number of aliphatic hydroxyl groups is 1. The van der Waals surface area contributed by atoms with Crippen LogP contribution in [-0.2, 0) is 0 Å². The van der Waals surface area contributed by atoms with Gasteiger partial charge in [-0.15, -0.1) is 11.3 Å². The minimum absolute atomic E-state index is 0.346. The molecule has 5 heteroatoms. The summed E-state index contributed by atoms with van der Waals surface area (Å²) in [5, 5.41) is 11.7. The summed E-state index contributed by atoms with van der Waals surface area (Å²) in [5.74, 6) is 0. The van der Waals surface area contributed by atoms with Crippen LogP contribution in [0.4, 0.5) is 0 Å². The molecule has 2 heterocycles. The van der Waals surface area contributed by atoms with Gasteiger partial charge in [0.25, 0.3) is 0 Å². The Balaban J connectivity index is 1.47. The van der Waals surface area contributed by atoms with Crippen LogP contribution in [0.5, 0.6) is 0 Å². The molecule has 1 aromatic rings. The van der Waals surface area contributed by atoms with Gasteiger partial charge in [0.15, 0.2) is 0 Å². The van der Waals surface area contributed by atoms with Gasteiger partial charge >= 0.3 is 0 Å². The number of aliphatic hydroxyl groups excluding tert-OH is 1. The van der Waals surface area contributed by atoms with Crippen molar-refractivity contribution in [3.8, 4) is 0 Å². The average Bonchev–Trinajstić information content (AvgIpc) is 3.01. The van der Waals surface area contributed by atoms with Gasteiger partial charge < -0.3 is 5.11 Å². The summed E-state index contributed by atoms with van der Waals surface area (Å²) >= 11 is 3.70. The Kier molecular flexibility index (Phi) is 5.19. The van der Waals surface area contributed by atoms with Gasteiger partial charge in [-0.1, -0.05) is 24.3 Å². The first kappa shape index (κ1) is 15.3. The zero-order chi connectivity index (χ0) is 14.7. The van der Waals surface area contributed by atoms with Crippen molar-refractivity contribution >= 4 is 23.3 Å². The van der Waals surface area contributed by atoms with Crippen LogP contribution >= 0.6 is 23.3 Å². The van der Waals surface area contributed by atoms with Crippen LogP contribution in [0.15, 0.2) is 45.5 Å². The molecule has 2 atom stereocenters.